The van der Waals surface area contributed by atoms with Crippen molar-refractivity contribution in [3.8, 4) is 0 Å². The number of nitrogens with zero attached hydrogens (tertiary/aromatic N) is 1. The zero-order valence-corrected chi connectivity index (χ0v) is 9.19. The van der Waals surface area contributed by atoms with Gasteiger partial charge in [0.1, 0.15) is 0 Å². The van der Waals surface area contributed by atoms with Crippen LogP contribution in [-0.2, 0) is 4.79 Å². The van der Waals surface area contributed by atoms with E-state index in [0.717, 1.165) is 0 Å². The van der Waals surface area contributed by atoms with Crippen LogP contribution in [0.4, 0.5) is 13.2 Å². The quantitative estimate of drug-likeness (QED) is 0.668. The molecule has 1 aliphatic rings. The molecule has 0 saturated carbocycles. The van der Waals surface area contributed by atoms with Crippen LogP contribution >= 0.6 is 0 Å². The highest BCUT2D eigenvalue weighted by atomic mass is 19.4. The molecule has 15 heavy (non-hydrogen) atoms. The predicted octanol–water partition coefficient (Wildman–Crippen LogP) is 2.44. The Morgan fingerprint density at radius 3 is 2.07 bits per heavy atom. The average molecular weight is 223 g/mol. The normalized spacial score (nSPS) is 18.9. The van der Waals surface area contributed by atoms with Gasteiger partial charge >= 0.3 is 6.18 Å². The maximum Gasteiger partial charge on any atom is 0.395 e. The Labute approximate surface area is 87.4 Å². The third-order valence-electron chi connectivity index (χ3n) is 2.38. The van der Waals surface area contributed by atoms with Crippen molar-refractivity contribution in [3.05, 3.63) is 0 Å². The Kier molecular flexibility index (Phi) is 3.03. The number of carbonyl (C=O) groups is 1. The van der Waals surface area contributed by atoms with Gasteiger partial charge in [0.2, 0.25) is 5.91 Å². The van der Waals surface area contributed by atoms with Crippen molar-refractivity contribution in [1.29, 1.82) is 0 Å². The third-order valence-corrected chi connectivity index (χ3v) is 2.38. The number of rotatable bonds is 1. The number of alkyl halides is 3. The number of hydrogen-bond acceptors (Lipinski definition) is 1. The smallest absolute Gasteiger partial charge is 0.341 e. The molecular weight excluding hydrogens is 207 g/mol. The fourth-order valence-electron chi connectivity index (χ4n) is 1.45. The number of halogens is 3. The number of hydrogen-bond donors (Lipinski definition) is 0. The molecule has 0 aromatic heterocycles. The fraction of sp³-hybridized carbons (Fsp3) is 0.900. The molecule has 88 valence electrons. The van der Waals surface area contributed by atoms with Crippen LogP contribution in [0.15, 0.2) is 0 Å². The van der Waals surface area contributed by atoms with Gasteiger partial charge in [-0.15, -0.1) is 0 Å². The minimum absolute atomic E-state index is 0.166. The molecule has 1 rings (SSSR count). The van der Waals surface area contributed by atoms with Crippen molar-refractivity contribution < 1.29 is 18.0 Å². The Balaban J connectivity index is 2.37. The van der Waals surface area contributed by atoms with E-state index in [1.54, 1.807) is 0 Å². The van der Waals surface area contributed by atoms with Crippen LogP contribution in [0.25, 0.3) is 0 Å². The van der Waals surface area contributed by atoms with Crippen molar-refractivity contribution in [2.24, 2.45) is 11.3 Å². The average Bonchev–Trinajstić information content (AvgIpc) is 1.72. The molecule has 0 atom stereocenters. The lowest BCUT2D eigenvalue weighted by molar-refractivity contribution is -0.210. The van der Waals surface area contributed by atoms with E-state index in [9.17, 15) is 18.0 Å². The van der Waals surface area contributed by atoms with Crippen LogP contribution in [0, 0.1) is 11.3 Å². The molecule has 1 amide bonds. The minimum Gasteiger partial charge on any atom is -0.341 e. The molecule has 0 unspecified atom stereocenters. The van der Waals surface area contributed by atoms with Gasteiger partial charge in [0.15, 0.2) is 0 Å². The van der Waals surface area contributed by atoms with Crippen molar-refractivity contribution in [2.75, 3.05) is 13.1 Å². The predicted molar refractivity (Wildman–Crippen MR) is 50.2 cm³/mol. The Bertz CT molecular complexity index is 248. The highest BCUT2D eigenvalue weighted by Gasteiger charge is 2.48. The molecule has 0 N–H and O–H groups in total. The number of likely N-dealkylation sites (tertiary alicyclic amines) is 1. The van der Waals surface area contributed by atoms with E-state index < -0.39 is 12.1 Å². The lowest BCUT2D eigenvalue weighted by Crippen LogP contribution is -2.55. The topological polar surface area (TPSA) is 20.3 Å². The molecule has 1 aliphatic heterocycles. The second-order valence-electron chi connectivity index (χ2n) is 5.27. The second kappa shape index (κ2) is 3.68. The molecule has 5 heteroatoms. The van der Waals surface area contributed by atoms with Crippen molar-refractivity contribution in [2.45, 2.75) is 33.4 Å². The van der Waals surface area contributed by atoms with Crippen LogP contribution in [0.2, 0.25) is 0 Å². The summed E-state index contributed by atoms with van der Waals surface area (Å²) in [4.78, 5) is 12.8. The van der Waals surface area contributed by atoms with E-state index in [0.29, 0.717) is 6.42 Å². The summed E-state index contributed by atoms with van der Waals surface area (Å²) in [5.74, 6) is -1.50. The summed E-state index contributed by atoms with van der Waals surface area (Å²) in [7, 11) is 0. The molecule has 0 aliphatic carbocycles. The summed E-state index contributed by atoms with van der Waals surface area (Å²) >= 11 is 0. The first kappa shape index (κ1) is 12.3. The zero-order chi connectivity index (χ0) is 11.9. The van der Waals surface area contributed by atoms with E-state index in [-0.39, 0.29) is 24.4 Å². The number of carbonyl (C=O) groups excluding carboxylic acids is 1. The third kappa shape index (κ3) is 3.39. The molecular formula is C10H16F3NO. The van der Waals surface area contributed by atoms with Crippen molar-refractivity contribution in [1.82, 2.24) is 4.90 Å². The van der Waals surface area contributed by atoms with E-state index in [2.05, 4.69) is 0 Å². The zero-order valence-electron chi connectivity index (χ0n) is 9.19. The molecule has 1 heterocycles. The van der Waals surface area contributed by atoms with Crippen LogP contribution < -0.4 is 0 Å². The first-order valence-corrected chi connectivity index (χ1v) is 4.94. The van der Waals surface area contributed by atoms with Gasteiger partial charge in [-0.05, 0) is 5.41 Å². The monoisotopic (exact) mass is 223 g/mol. The van der Waals surface area contributed by atoms with Crippen molar-refractivity contribution >= 4 is 5.91 Å². The Morgan fingerprint density at radius 1 is 1.27 bits per heavy atom. The van der Waals surface area contributed by atoms with Crippen LogP contribution in [0.5, 0.6) is 0 Å². The maximum absolute atomic E-state index is 12.1. The van der Waals surface area contributed by atoms with Gasteiger partial charge in [0.25, 0.3) is 0 Å². The van der Waals surface area contributed by atoms with E-state index in [1.807, 2.05) is 20.8 Å². The Morgan fingerprint density at radius 2 is 1.73 bits per heavy atom. The summed E-state index contributed by atoms with van der Waals surface area (Å²) in [6.07, 6.45) is -3.85. The first-order chi connectivity index (χ1) is 6.59. The van der Waals surface area contributed by atoms with E-state index in [1.165, 1.54) is 4.90 Å². The SMILES string of the molecule is CC(C)(C)CC(=O)N1CC(C(F)(F)F)C1. The molecule has 1 fully saturated rings. The standard InChI is InChI=1S/C10H16F3NO/c1-9(2,3)4-8(15)14-5-7(6-14)10(11,12)13/h7H,4-6H2,1-3H3. The molecule has 0 spiro atoms. The van der Waals surface area contributed by atoms with Crippen LogP contribution in [0.1, 0.15) is 27.2 Å². The van der Waals surface area contributed by atoms with Gasteiger partial charge in [0, 0.05) is 19.5 Å². The van der Waals surface area contributed by atoms with Crippen LogP contribution in [-0.4, -0.2) is 30.1 Å². The summed E-state index contributed by atoms with van der Waals surface area (Å²) in [6.45, 7) is 5.35. The maximum atomic E-state index is 12.1. The molecule has 1 saturated heterocycles. The molecule has 2 nitrogen and oxygen atoms in total. The molecule has 0 aromatic carbocycles. The summed E-state index contributed by atoms with van der Waals surface area (Å²) in [5, 5.41) is 0. The lowest BCUT2D eigenvalue weighted by Gasteiger charge is -2.41. The van der Waals surface area contributed by atoms with Gasteiger partial charge in [0.05, 0.1) is 5.92 Å². The summed E-state index contributed by atoms with van der Waals surface area (Å²) < 4.78 is 36.4. The second-order valence-corrected chi connectivity index (χ2v) is 5.27. The summed E-state index contributed by atoms with van der Waals surface area (Å²) in [5.41, 5.74) is -0.166. The van der Waals surface area contributed by atoms with Crippen LogP contribution in [0.3, 0.4) is 0 Å². The lowest BCUT2D eigenvalue weighted by atomic mass is 9.90. The van der Waals surface area contributed by atoms with Gasteiger partial charge in [-0.3, -0.25) is 4.79 Å². The van der Waals surface area contributed by atoms with Gasteiger partial charge < -0.3 is 4.90 Å². The molecule has 0 aromatic rings. The summed E-state index contributed by atoms with van der Waals surface area (Å²) in [6, 6.07) is 0. The van der Waals surface area contributed by atoms with Gasteiger partial charge in [-0.1, -0.05) is 20.8 Å². The largest absolute Gasteiger partial charge is 0.395 e. The van der Waals surface area contributed by atoms with Gasteiger partial charge in [-0.25, -0.2) is 0 Å². The van der Waals surface area contributed by atoms with E-state index >= 15 is 0 Å². The fourth-order valence-corrected chi connectivity index (χ4v) is 1.45. The first-order valence-electron chi connectivity index (χ1n) is 4.94. The molecule has 0 bridgehead atoms. The minimum atomic E-state index is -4.15. The van der Waals surface area contributed by atoms with Crippen molar-refractivity contribution in [3.63, 3.8) is 0 Å². The molecule has 0 radical (unpaired) electrons. The highest BCUT2D eigenvalue weighted by molar-refractivity contribution is 5.77. The highest BCUT2D eigenvalue weighted by Crippen LogP contribution is 2.34. The van der Waals surface area contributed by atoms with Gasteiger partial charge in [-0.2, -0.15) is 13.2 Å². The number of amides is 1. The Hall–Kier alpha value is -0.740. The van der Waals surface area contributed by atoms with E-state index in [4.69, 9.17) is 0 Å².